The van der Waals surface area contributed by atoms with Gasteiger partial charge in [-0.15, -0.1) is 10.2 Å². The number of benzene rings is 1. The van der Waals surface area contributed by atoms with Gasteiger partial charge in [-0.2, -0.15) is 0 Å². The summed E-state index contributed by atoms with van der Waals surface area (Å²) in [4.78, 5) is 4.02. The quantitative estimate of drug-likeness (QED) is 0.733. The number of pyridine rings is 1. The van der Waals surface area contributed by atoms with Gasteiger partial charge in [-0.3, -0.25) is 0 Å². The second-order valence-electron chi connectivity index (χ2n) is 4.58. The first-order chi connectivity index (χ1) is 12.2. The molecule has 0 radical (unpaired) electrons. The zero-order valence-corrected chi connectivity index (χ0v) is 12.5. The molecule has 8 heteroatoms. The van der Waals surface area contributed by atoms with E-state index in [1.165, 1.54) is 29.8 Å². The second-order valence-corrected chi connectivity index (χ2v) is 4.99. The van der Waals surface area contributed by atoms with Crippen LogP contribution < -0.4 is 4.74 Å². The minimum Gasteiger partial charge on any atom is -0.481 e. The average Bonchev–Trinajstić information content (AvgIpc) is 2.89. The summed E-state index contributed by atoms with van der Waals surface area (Å²) < 4.78 is 55.4. The van der Waals surface area contributed by atoms with Crippen molar-refractivity contribution in [3.05, 3.63) is 47.0 Å². The molecule has 5 nitrogen and oxygen atoms in total. The number of nitrogens with zero attached hydrogens (tertiary/aromatic N) is 4. The van der Waals surface area contributed by atoms with Gasteiger partial charge in [0.05, 0.1) is 21.7 Å². The Hall–Kier alpha value is -2.54. The maximum absolute atomic E-state index is 14.0. The molecule has 0 saturated heterocycles. The van der Waals surface area contributed by atoms with E-state index in [9.17, 15) is 8.78 Å². The fraction of sp³-hybridized carbons (Fsp3) is 0.133. The molecular formula is C15H11ClF2N4O. The predicted molar refractivity (Wildman–Crippen MR) is 81.1 cm³/mol. The standard InChI is InChI=1S/C15H11ClF2N4O/c1-22-14(12-9(17)4-3-5-10(12)18)20-21-15(22)13-8(16)6-7-11(19-13)23-2/h3-7H,1-2H3/i2D3. The van der Waals surface area contributed by atoms with E-state index in [-0.39, 0.29) is 33.8 Å². The molecule has 3 rings (SSSR count). The van der Waals surface area contributed by atoms with Gasteiger partial charge in [0.1, 0.15) is 17.3 Å². The van der Waals surface area contributed by atoms with Gasteiger partial charge >= 0.3 is 0 Å². The van der Waals surface area contributed by atoms with Crippen LogP contribution in [-0.4, -0.2) is 26.8 Å². The van der Waals surface area contributed by atoms with Crippen molar-refractivity contribution in [2.45, 2.75) is 0 Å². The molecule has 0 bridgehead atoms. The summed E-state index contributed by atoms with van der Waals surface area (Å²) in [6.07, 6.45) is 0. The lowest BCUT2D eigenvalue weighted by Gasteiger charge is -2.07. The minimum atomic E-state index is -2.69. The topological polar surface area (TPSA) is 52.8 Å². The molecule has 118 valence electrons. The maximum atomic E-state index is 14.0. The first-order valence-corrected chi connectivity index (χ1v) is 6.75. The minimum absolute atomic E-state index is 0.0615. The van der Waals surface area contributed by atoms with Crippen LogP contribution in [0.2, 0.25) is 5.02 Å². The van der Waals surface area contributed by atoms with Gasteiger partial charge in [-0.25, -0.2) is 13.8 Å². The number of ether oxygens (including phenoxy) is 1. The maximum Gasteiger partial charge on any atom is 0.213 e. The lowest BCUT2D eigenvalue weighted by molar-refractivity contribution is 0.398. The Balaban J connectivity index is 2.10. The molecule has 0 spiro atoms. The Morgan fingerprint density at radius 3 is 2.52 bits per heavy atom. The first-order valence-electron chi connectivity index (χ1n) is 7.87. The van der Waals surface area contributed by atoms with Gasteiger partial charge in [0.2, 0.25) is 5.88 Å². The molecule has 1 aromatic carbocycles. The Labute approximate surface area is 139 Å². The van der Waals surface area contributed by atoms with Crippen LogP contribution in [0.1, 0.15) is 4.11 Å². The zero-order valence-electron chi connectivity index (χ0n) is 14.7. The molecule has 23 heavy (non-hydrogen) atoms. The third-order valence-corrected chi connectivity index (χ3v) is 3.50. The summed E-state index contributed by atoms with van der Waals surface area (Å²) in [5.41, 5.74) is -0.286. The van der Waals surface area contributed by atoms with Crippen LogP contribution in [0.3, 0.4) is 0 Å². The Kier molecular flexibility index (Phi) is 3.08. The van der Waals surface area contributed by atoms with Crippen LogP contribution in [0.25, 0.3) is 22.9 Å². The Morgan fingerprint density at radius 1 is 1.13 bits per heavy atom. The molecule has 0 unspecified atom stereocenters. The number of rotatable bonds is 3. The number of halogens is 3. The summed E-state index contributed by atoms with van der Waals surface area (Å²) in [5, 5.41) is 7.83. The van der Waals surface area contributed by atoms with Gasteiger partial charge in [-0.05, 0) is 18.2 Å². The van der Waals surface area contributed by atoms with Gasteiger partial charge in [0, 0.05) is 13.1 Å². The van der Waals surface area contributed by atoms with Gasteiger partial charge in [0.25, 0.3) is 0 Å². The molecule has 2 aromatic heterocycles. The SMILES string of the molecule is [2H]C([2H])([2H])Oc1ccc(Cl)c(-c2nnc(-c3c(F)cccc3F)n2C)n1. The Morgan fingerprint density at radius 2 is 1.83 bits per heavy atom. The summed E-state index contributed by atoms with van der Waals surface area (Å²) in [7, 11) is -1.22. The van der Waals surface area contributed by atoms with E-state index in [0.717, 1.165) is 12.1 Å². The number of methoxy groups -OCH3 is 1. The molecule has 0 N–H and O–H groups in total. The van der Waals surface area contributed by atoms with E-state index in [0.29, 0.717) is 0 Å². The highest BCUT2D eigenvalue weighted by Crippen LogP contribution is 2.30. The van der Waals surface area contributed by atoms with Gasteiger partial charge in [0.15, 0.2) is 11.6 Å². The molecule has 0 amide bonds. The van der Waals surface area contributed by atoms with E-state index in [1.54, 1.807) is 0 Å². The first kappa shape index (κ1) is 12.0. The Bertz CT molecular complexity index is 958. The summed E-state index contributed by atoms with van der Waals surface area (Å²) in [5.74, 6) is -1.79. The van der Waals surface area contributed by atoms with Crippen molar-refractivity contribution < 1.29 is 17.6 Å². The molecule has 0 aliphatic rings. The lowest BCUT2D eigenvalue weighted by Crippen LogP contribution is -2.01. The van der Waals surface area contributed by atoms with Gasteiger partial charge < -0.3 is 9.30 Å². The highest BCUT2D eigenvalue weighted by Gasteiger charge is 2.21. The molecule has 0 saturated carbocycles. The smallest absolute Gasteiger partial charge is 0.213 e. The second kappa shape index (κ2) is 5.92. The van der Waals surface area contributed by atoms with Gasteiger partial charge in [-0.1, -0.05) is 17.7 Å². The third-order valence-electron chi connectivity index (χ3n) is 3.20. The average molecular weight is 340 g/mol. The van der Waals surface area contributed by atoms with E-state index in [1.807, 2.05) is 0 Å². The molecule has 0 atom stereocenters. The van der Waals surface area contributed by atoms with E-state index < -0.39 is 18.7 Å². The van der Waals surface area contributed by atoms with Crippen molar-refractivity contribution in [3.63, 3.8) is 0 Å². The lowest BCUT2D eigenvalue weighted by atomic mass is 10.2. The fourth-order valence-electron chi connectivity index (χ4n) is 2.10. The largest absolute Gasteiger partial charge is 0.481 e. The zero-order chi connectivity index (χ0) is 19.1. The van der Waals surface area contributed by atoms with E-state index >= 15 is 0 Å². The molecule has 3 aromatic rings. The third kappa shape index (κ3) is 2.63. The number of aromatic nitrogens is 4. The fourth-order valence-corrected chi connectivity index (χ4v) is 2.29. The summed E-state index contributed by atoms with van der Waals surface area (Å²) in [6, 6.07) is 6.10. The molecule has 2 heterocycles. The number of hydrogen-bond acceptors (Lipinski definition) is 4. The van der Waals surface area contributed by atoms with Crippen LogP contribution in [0.15, 0.2) is 30.3 Å². The van der Waals surface area contributed by atoms with E-state index in [2.05, 4.69) is 15.2 Å². The monoisotopic (exact) mass is 339 g/mol. The molecule has 0 aliphatic carbocycles. The van der Waals surface area contributed by atoms with Crippen molar-refractivity contribution in [3.8, 4) is 28.8 Å². The number of hydrogen-bond donors (Lipinski definition) is 0. The van der Waals surface area contributed by atoms with Crippen LogP contribution in [-0.2, 0) is 7.05 Å². The molecule has 0 fully saturated rings. The normalized spacial score (nSPS) is 13.3. The van der Waals surface area contributed by atoms with Crippen LogP contribution in [0.4, 0.5) is 8.78 Å². The highest BCUT2D eigenvalue weighted by molar-refractivity contribution is 6.32. The summed E-state index contributed by atoms with van der Waals surface area (Å²) in [6.45, 7) is 0. The highest BCUT2D eigenvalue weighted by atomic mass is 35.5. The van der Waals surface area contributed by atoms with Crippen molar-refractivity contribution in [1.29, 1.82) is 0 Å². The summed E-state index contributed by atoms with van der Waals surface area (Å²) >= 11 is 6.10. The van der Waals surface area contributed by atoms with Crippen LogP contribution in [0.5, 0.6) is 5.88 Å². The van der Waals surface area contributed by atoms with Crippen LogP contribution >= 0.6 is 11.6 Å². The molecular weight excluding hydrogens is 326 g/mol. The predicted octanol–water partition coefficient (Wildman–Crippen LogP) is 3.48. The van der Waals surface area contributed by atoms with Crippen molar-refractivity contribution in [1.82, 2.24) is 19.7 Å². The van der Waals surface area contributed by atoms with Crippen LogP contribution in [0, 0.1) is 11.6 Å². The van der Waals surface area contributed by atoms with E-state index in [4.69, 9.17) is 20.5 Å². The van der Waals surface area contributed by atoms with Crippen molar-refractivity contribution >= 4 is 11.6 Å². The molecule has 0 aliphatic heterocycles. The van der Waals surface area contributed by atoms with Crippen molar-refractivity contribution in [2.75, 3.05) is 7.04 Å². The van der Waals surface area contributed by atoms with Crippen molar-refractivity contribution in [2.24, 2.45) is 7.05 Å².